The Morgan fingerprint density at radius 3 is 2.23 bits per heavy atom. The second kappa shape index (κ2) is 14.8. The molecule has 0 spiro atoms. The van der Waals surface area contributed by atoms with Crippen LogP contribution in [0, 0.1) is 0 Å². The first kappa shape index (κ1) is 29.5. The molecule has 2 aromatic carbocycles. The number of aliphatic hydroxyl groups is 1. The summed E-state index contributed by atoms with van der Waals surface area (Å²) in [5.41, 5.74) is 1.26. The molecule has 1 unspecified atom stereocenters. The highest BCUT2D eigenvalue weighted by Crippen LogP contribution is 2.27. The number of hydrogen-bond donors (Lipinski definition) is 1. The van der Waals surface area contributed by atoms with Gasteiger partial charge in [-0.1, -0.05) is 31.9 Å². The zero-order chi connectivity index (χ0) is 27.6. The molecule has 1 aliphatic heterocycles. The molecule has 39 heavy (non-hydrogen) atoms. The molecular weight excluding hydrogens is 636 g/mol. The zero-order valence-electron chi connectivity index (χ0n) is 21.3. The summed E-state index contributed by atoms with van der Waals surface area (Å²) in [6.45, 7) is 1.95. The van der Waals surface area contributed by atoms with Crippen LogP contribution in [0.15, 0.2) is 75.9 Å². The fourth-order valence-corrected chi connectivity index (χ4v) is 4.92. The van der Waals surface area contributed by atoms with Gasteiger partial charge in [-0.3, -0.25) is 0 Å². The van der Waals surface area contributed by atoms with Gasteiger partial charge in [0.2, 0.25) is 0 Å². The van der Waals surface area contributed by atoms with E-state index in [1.54, 1.807) is 12.1 Å². The molecule has 1 atom stereocenters. The van der Waals surface area contributed by atoms with Crippen LogP contribution in [0.5, 0.6) is 5.75 Å². The summed E-state index contributed by atoms with van der Waals surface area (Å²) >= 11 is 6.80. The highest BCUT2D eigenvalue weighted by molar-refractivity contribution is 9.10. The maximum Gasteiger partial charge on any atom is 0.339 e. The van der Waals surface area contributed by atoms with Gasteiger partial charge in [0.15, 0.2) is 6.29 Å². The maximum absolute atomic E-state index is 11.6. The summed E-state index contributed by atoms with van der Waals surface area (Å²) in [7, 11) is 0. The standard InChI is InChI=1S/C17H19BrO5.C12H11BrO3/c18-12-5-6-14-13(10-12)15(11-16(19)23-14)20-8-3-9-22-17-4-1-2-7-21-17;13-9-3-4-11-10(7-9)8(2-1-5-14)6-12(15)16-11/h5-6,10-11,17H,1-4,7-9H2;3-4,6-7,14H,1-2,5H2. The Labute approximate surface area is 242 Å². The fraction of sp³-hybridized carbons (Fsp3) is 0.379. The normalized spacial score (nSPS) is 15.2. The lowest BCUT2D eigenvalue weighted by molar-refractivity contribution is -0.163. The molecule has 8 nitrogen and oxygen atoms in total. The molecule has 0 radical (unpaired) electrons. The van der Waals surface area contributed by atoms with Crippen molar-refractivity contribution in [2.45, 2.75) is 44.8 Å². The number of fused-ring (bicyclic) bond motifs is 2. The predicted octanol–water partition coefficient (Wildman–Crippen LogP) is 6.35. The molecule has 4 aromatic rings. The molecule has 5 rings (SSSR count). The lowest BCUT2D eigenvalue weighted by atomic mass is 10.1. The first-order chi connectivity index (χ1) is 18.9. The third-order valence-electron chi connectivity index (χ3n) is 6.05. The number of rotatable bonds is 9. The molecule has 0 aliphatic carbocycles. The van der Waals surface area contributed by atoms with Crippen LogP contribution in [-0.2, 0) is 15.9 Å². The monoisotopic (exact) mass is 664 g/mol. The largest absolute Gasteiger partial charge is 0.492 e. The van der Waals surface area contributed by atoms with Crippen LogP contribution in [0.2, 0.25) is 0 Å². The molecular formula is C29H30Br2O8. The Kier molecular flexibility index (Phi) is 11.2. The Bertz CT molecular complexity index is 1490. The Morgan fingerprint density at radius 2 is 1.54 bits per heavy atom. The summed E-state index contributed by atoms with van der Waals surface area (Å²) < 4.78 is 29.0. The van der Waals surface area contributed by atoms with Crippen molar-refractivity contribution in [1.29, 1.82) is 0 Å². The smallest absolute Gasteiger partial charge is 0.339 e. The molecule has 0 amide bonds. The molecule has 208 valence electrons. The average molecular weight is 666 g/mol. The van der Waals surface area contributed by atoms with Crippen molar-refractivity contribution in [3.8, 4) is 5.75 Å². The van der Waals surface area contributed by atoms with E-state index in [1.165, 1.54) is 12.1 Å². The van der Waals surface area contributed by atoms with Crippen LogP contribution in [-0.4, -0.2) is 37.8 Å². The lowest BCUT2D eigenvalue weighted by Gasteiger charge is -2.22. The topological polar surface area (TPSA) is 108 Å². The van der Waals surface area contributed by atoms with E-state index in [-0.39, 0.29) is 18.5 Å². The quantitative estimate of drug-likeness (QED) is 0.163. The van der Waals surface area contributed by atoms with Gasteiger partial charge in [-0.2, -0.15) is 0 Å². The number of ether oxygens (including phenoxy) is 3. The van der Waals surface area contributed by atoms with Crippen LogP contribution < -0.4 is 16.0 Å². The molecule has 1 N–H and O–H groups in total. The second-order valence-corrected chi connectivity index (χ2v) is 10.8. The van der Waals surface area contributed by atoms with Crippen LogP contribution in [0.25, 0.3) is 21.9 Å². The molecule has 0 bridgehead atoms. The third kappa shape index (κ3) is 8.74. The number of aryl methyl sites for hydroxylation is 1. The van der Waals surface area contributed by atoms with Crippen molar-refractivity contribution >= 4 is 53.8 Å². The summed E-state index contributed by atoms with van der Waals surface area (Å²) in [4.78, 5) is 22.9. The summed E-state index contributed by atoms with van der Waals surface area (Å²) in [6, 6.07) is 13.8. The molecule has 1 aliphatic rings. The van der Waals surface area contributed by atoms with Gasteiger partial charge < -0.3 is 28.2 Å². The predicted molar refractivity (Wildman–Crippen MR) is 155 cm³/mol. The van der Waals surface area contributed by atoms with E-state index in [2.05, 4.69) is 31.9 Å². The zero-order valence-corrected chi connectivity index (χ0v) is 24.5. The number of hydrogen-bond acceptors (Lipinski definition) is 8. The van der Waals surface area contributed by atoms with Crippen LogP contribution in [0.3, 0.4) is 0 Å². The molecule has 1 saturated heterocycles. The fourth-order valence-electron chi connectivity index (χ4n) is 4.20. The van der Waals surface area contributed by atoms with Gasteiger partial charge in [-0.15, -0.1) is 0 Å². The van der Waals surface area contributed by atoms with Crippen molar-refractivity contribution in [3.63, 3.8) is 0 Å². The minimum Gasteiger partial charge on any atom is -0.492 e. The highest BCUT2D eigenvalue weighted by Gasteiger charge is 2.14. The van der Waals surface area contributed by atoms with E-state index < -0.39 is 5.63 Å². The van der Waals surface area contributed by atoms with E-state index in [0.717, 1.165) is 57.6 Å². The Hall–Kier alpha value is -2.50. The number of aliphatic hydroxyl groups excluding tert-OH is 1. The number of halogens is 2. The van der Waals surface area contributed by atoms with E-state index >= 15 is 0 Å². The molecule has 10 heteroatoms. The second-order valence-electron chi connectivity index (χ2n) is 9.00. The molecule has 3 heterocycles. The van der Waals surface area contributed by atoms with Gasteiger partial charge in [0.05, 0.1) is 24.7 Å². The summed E-state index contributed by atoms with van der Waals surface area (Å²) in [6.07, 6.45) is 5.20. The van der Waals surface area contributed by atoms with Crippen molar-refractivity contribution in [3.05, 3.63) is 83.9 Å². The van der Waals surface area contributed by atoms with Crippen molar-refractivity contribution in [2.24, 2.45) is 0 Å². The average Bonchev–Trinajstić information content (AvgIpc) is 2.93. The SMILES string of the molecule is O=c1cc(CCCO)c2cc(Br)ccc2o1.O=c1cc(OCCCOC2CCCCO2)c2cc(Br)ccc2o1. The highest BCUT2D eigenvalue weighted by atomic mass is 79.9. The van der Waals surface area contributed by atoms with E-state index in [4.69, 9.17) is 28.2 Å². The Balaban J connectivity index is 0.000000193. The number of benzene rings is 2. The summed E-state index contributed by atoms with van der Waals surface area (Å²) in [5, 5.41) is 10.5. The first-order valence-electron chi connectivity index (χ1n) is 12.9. The summed E-state index contributed by atoms with van der Waals surface area (Å²) in [5.74, 6) is 0.534. The maximum atomic E-state index is 11.6. The first-order valence-corrected chi connectivity index (χ1v) is 14.4. The van der Waals surface area contributed by atoms with Crippen molar-refractivity contribution in [2.75, 3.05) is 26.4 Å². The molecule has 0 saturated carbocycles. The van der Waals surface area contributed by atoms with E-state index in [1.807, 2.05) is 24.3 Å². The van der Waals surface area contributed by atoms with E-state index in [9.17, 15) is 9.59 Å². The Morgan fingerprint density at radius 1 is 0.846 bits per heavy atom. The van der Waals surface area contributed by atoms with Gasteiger partial charge >= 0.3 is 11.3 Å². The van der Waals surface area contributed by atoms with Crippen LogP contribution in [0.4, 0.5) is 0 Å². The van der Waals surface area contributed by atoms with Gasteiger partial charge in [0.25, 0.3) is 0 Å². The van der Waals surface area contributed by atoms with Gasteiger partial charge in [-0.25, -0.2) is 9.59 Å². The van der Waals surface area contributed by atoms with Gasteiger partial charge in [0.1, 0.15) is 16.9 Å². The van der Waals surface area contributed by atoms with Crippen molar-refractivity contribution in [1.82, 2.24) is 0 Å². The van der Waals surface area contributed by atoms with Crippen LogP contribution >= 0.6 is 31.9 Å². The third-order valence-corrected chi connectivity index (χ3v) is 7.04. The molecule has 1 fully saturated rings. The minimum absolute atomic E-state index is 0.0793. The van der Waals surface area contributed by atoms with Crippen LogP contribution in [0.1, 0.15) is 37.7 Å². The molecule has 2 aromatic heterocycles. The minimum atomic E-state index is -0.415. The van der Waals surface area contributed by atoms with Gasteiger partial charge in [0, 0.05) is 40.0 Å². The van der Waals surface area contributed by atoms with Crippen molar-refractivity contribution < 1.29 is 28.2 Å². The lowest BCUT2D eigenvalue weighted by Crippen LogP contribution is -2.23. The van der Waals surface area contributed by atoms with Gasteiger partial charge in [-0.05, 0) is 74.1 Å². The van der Waals surface area contributed by atoms with E-state index in [0.29, 0.717) is 43.0 Å².